The van der Waals surface area contributed by atoms with Crippen LogP contribution >= 0.6 is 0 Å². The highest BCUT2D eigenvalue weighted by molar-refractivity contribution is 5.48. The largest absolute Gasteiger partial charge is 0.454 e. The van der Waals surface area contributed by atoms with Crippen LogP contribution in [-0.2, 0) is 11.8 Å². The van der Waals surface area contributed by atoms with E-state index in [2.05, 4.69) is 17.8 Å². The molecule has 1 unspecified atom stereocenters. The first kappa shape index (κ1) is 18.9. The number of terminal acetylenes is 1. The van der Waals surface area contributed by atoms with Crippen molar-refractivity contribution < 1.29 is 14.2 Å². The third kappa shape index (κ3) is 4.35. The number of hydrogen-bond donors (Lipinski definition) is 0. The fourth-order valence-corrected chi connectivity index (χ4v) is 3.43. The van der Waals surface area contributed by atoms with Crippen LogP contribution in [0, 0.1) is 12.3 Å². The van der Waals surface area contributed by atoms with Crippen LogP contribution in [0.2, 0.25) is 0 Å². The monoisotopic (exact) mass is 385 g/mol. The van der Waals surface area contributed by atoms with Gasteiger partial charge in [0.1, 0.15) is 5.75 Å². The first-order chi connectivity index (χ1) is 14.2. The summed E-state index contributed by atoms with van der Waals surface area (Å²) in [5.41, 5.74) is 1.68. The lowest BCUT2D eigenvalue weighted by Crippen LogP contribution is -2.19. The van der Waals surface area contributed by atoms with Gasteiger partial charge in [-0.25, -0.2) is 4.98 Å². The number of aromatic nitrogens is 1. The maximum absolute atomic E-state index is 5.92. The number of para-hydroxylation sites is 1. The van der Waals surface area contributed by atoms with Gasteiger partial charge in [-0.05, 0) is 62.1 Å². The van der Waals surface area contributed by atoms with Crippen molar-refractivity contribution in [3.8, 4) is 35.5 Å². The molecule has 4 nitrogen and oxygen atoms in total. The van der Waals surface area contributed by atoms with Crippen molar-refractivity contribution in [1.29, 1.82) is 0 Å². The fraction of sp³-hybridized carbons (Fsp3) is 0.240. The molecular weight excluding hydrogens is 362 g/mol. The SMILES string of the molecule is C#CC(C)(CCCc1cccc(Oc2ccccc2)n1)c1ccc2c(c1)OCO2. The summed E-state index contributed by atoms with van der Waals surface area (Å²) in [6, 6.07) is 21.5. The van der Waals surface area contributed by atoms with Crippen LogP contribution < -0.4 is 14.2 Å². The molecular formula is C25H23NO3. The van der Waals surface area contributed by atoms with Gasteiger partial charge in [-0.3, -0.25) is 0 Å². The summed E-state index contributed by atoms with van der Waals surface area (Å²) in [4.78, 5) is 4.62. The van der Waals surface area contributed by atoms with Crippen molar-refractivity contribution in [2.45, 2.75) is 31.6 Å². The van der Waals surface area contributed by atoms with E-state index in [-0.39, 0.29) is 12.2 Å². The molecule has 4 heteroatoms. The van der Waals surface area contributed by atoms with Gasteiger partial charge in [-0.15, -0.1) is 6.42 Å². The third-order valence-electron chi connectivity index (χ3n) is 5.18. The number of nitrogens with zero attached hydrogens (tertiary/aromatic N) is 1. The minimum atomic E-state index is -0.376. The lowest BCUT2D eigenvalue weighted by Gasteiger charge is -2.24. The Kier molecular flexibility index (Phi) is 5.39. The van der Waals surface area contributed by atoms with Gasteiger partial charge in [-0.2, -0.15) is 0 Å². The van der Waals surface area contributed by atoms with Gasteiger partial charge in [-0.1, -0.05) is 36.3 Å². The summed E-state index contributed by atoms with van der Waals surface area (Å²) in [6.07, 6.45) is 8.50. The van der Waals surface area contributed by atoms with E-state index in [1.807, 2.05) is 66.7 Å². The molecule has 146 valence electrons. The number of benzene rings is 2. The lowest BCUT2D eigenvalue weighted by molar-refractivity contribution is 0.174. The molecule has 0 bridgehead atoms. The second kappa shape index (κ2) is 8.28. The molecule has 0 saturated carbocycles. The Balaban J connectivity index is 1.40. The average Bonchev–Trinajstić information content (AvgIpc) is 3.22. The Morgan fingerprint density at radius 1 is 1.03 bits per heavy atom. The van der Waals surface area contributed by atoms with Crippen LogP contribution in [0.5, 0.6) is 23.1 Å². The molecule has 0 N–H and O–H groups in total. The summed E-state index contributed by atoms with van der Waals surface area (Å²) in [7, 11) is 0. The zero-order chi connectivity index (χ0) is 20.1. The van der Waals surface area contributed by atoms with Gasteiger partial charge in [0.05, 0.1) is 5.41 Å². The number of fused-ring (bicyclic) bond motifs is 1. The van der Waals surface area contributed by atoms with Gasteiger partial charge in [0.2, 0.25) is 12.7 Å². The van der Waals surface area contributed by atoms with Crippen LogP contribution in [0.15, 0.2) is 66.7 Å². The Labute approximate surface area is 171 Å². The van der Waals surface area contributed by atoms with Crippen LogP contribution in [0.4, 0.5) is 0 Å². The summed E-state index contributed by atoms with van der Waals surface area (Å²) in [5.74, 6) is 5.88. The minimum Gasteiger partial charge on any atom is -0.454 e. The quantitative estimate of drug-likeness (QED) is 0.502. The van der Waals surface area contributed by atoms with E-state index in [4.69, 9.17) is 20.6 Å². The molecule has 1 aliphatic heterocycles. The van der Waals surface area contributed by atoms with Gasteiger partial charge in [0.15, 0.2) is 11.5 Å². The smallest absolute Gasteiger partial charge is 0.231 e. The normalized spacial score (nSPS) is 14.1. The van der Waals surface area contributed by atoms with Crippen LogP contribution in [0.3, 0.4) is 0 Å². The highest BCUT2D eigenvalue weighted by atomic mass is 16.7. The first-order valence-electron chi connectivity index (χ1n) is 9.73. The molecule has 0 radical (unpaired) electrons. The summed E-state index contributed by atoms with van der Waals surface area (Å²) < 4.78 is 16.7. The fourth-order valence-electron chi connectivity index (χ4n) is 3.43. The molecule has 0 saturated heterocycles. The van der Waals surface area contributed by atoms with Crippen molar-refractivity contribution in [1.82, 2.24) is 4.98 Å². The van der Waals surface area contributed by atoms with E-state index in [0.717, 1.165) is 47.8 Å². The van der Waals surface area contributed by atoms with Crippen molar-refractivity contribution >= 4 is 0 Å². The summed E-state index contributed by atoms with van der Waals surface area (Å²) in [5, 5.41) is 0. The summed E-state index contributed by atoms with van der Waals surface area (Å²) >= 11 is 0. The van der Waals surface area contributed by atoms with E-state index < -0.39 is 0 Å². The standard InChI is InChI=1S/C25H23NO3/c1-3-25(2,19-14-15-22-23(17-19)28-18-27-22)16-8-10-20-9-7-13-24(26-20)29-21-11-5-4-6-12-21/h1,4-7,9,11-15,17H,8,10,16,18H2,2H3. The molecule has 2 aromatic carbocycles. The van der Waals surface area contributed by atoms with Crippen molar-refractivity contribution in [2.24, 2.45) is 0 Å². The predicted molar refractivity (Wildman–Crippen MR) is 112 cm³/mol. The third-order valence-corrected chi connectivity index (χ3v) is 5.18. The van der Waals surface area contributed by atoms with E-state index in [9.17, 15) is 0 Å². The van der Waals surface area contributed by atoms with Crippen LogP contribution in [0.25, 0.3) is 0 Å². The van der Waals surface area contributed by atoms with Gasteiger partial charge in [0, 0.05) is 11.8 Å². The first-order valence-corrected chi connectivity index (χ1v) is 9.73. The molecule has 1 atom stereocenters. The maximum atomic E-state index is 5.92. The van der Waals surface area contributed by atoms with E-state index in [1.54, 1.807) is 0 Å². The van der Waals surface area contributed by atoms with E-state index in [0.29, 0.717) is 5.88 Å². The maximum Gasteiger partial charge on any atom is 0.231 e. The zero-order valence-corrected chi connectivity index (χ0v) is 16.4. The molecule has 0 aliphatic carbocycles. The van der Waals surface area contributed by atoms with Crippen LogP contribution in [0.1, 0.15) is 31.0 Å². The zero-order valence-electron chi connectivity index (χ0n) is 16.4. The number of hydrogen-bond acceptors (Lipinski definition) is 4. The van der Waals surface area contributed by atoms with Gasteiger partial charge in [0.25, 0.3) is 0 Å². The lowest BCUT2D eigenvalue weighted by atomic mass is 9.78. The predicted octanol–water partition coefficient (Wildman–Crippen LogP) is 5.52. The molecule has 4 rings (SSSR count). The molecule has 0 spiro atoms. The van der Waals surface area contributed by atoms with Crippen molar-refractivity contribution in [3.05, 3.63) is 78.0 Å². The van der Waals surface area contributed by atoms with Gasteiger partial charge >= 0.3 is 0 Å². The molecule has 0 fully saturated rings. The minimum absolute atomic E-state index is 0.263. The molecule has 29 heavy (non-hydrogen) atoms. The number of pyridine rings is 1. The average molecular weight is 385 g/mol. The Bertz CT molecular complexity index is 1030. The van der Waals surface area contributed by atoms with Crippen molar-refractivity contribution in [2.75, 3.05) is 6.79 Å². The molecule has 2 heterocycles. The summed E-state index contributed by atoms with van der Waals surface area (Å²) in [6.45, 7) is 2.35. The van der Waals surface area contributed by atoms with E-state index in [1.165, 1.54) is 0 Å². The number of aryl methyl sites for hydroxylation is 1. The molecule has 0 amide bonds. The second-order valence-electron chi connectivity index (χ2n) is 7.28. The van der Waals surface area contributed by atoms with Crippen LogP contribution in [-0.4, -0.2) is 11.8 Å². The van der Waals surface area contributed by atoms with E-state index >= 15 is 0 Å². The Morgan fingerprint density at radius 3 is 2.69 bits per heavy atom. The highest BCUT2D eigenvalue weighted by Gasteiger charge is 2.26. The topological polar surface area (TPSA) is 40.6 Å². The molecule has 1 aliphatic rings. The second-order valence-corrected chi connectivity index (χ2v) is 7.28. The highest BCUT2D eigenvalue weighted by Crippen LogP contribution is 2.38. The molecule has 3 aromatic rings. The Hall–Kier alpha value is -3.45. The Morgan fingerprint density at radius 2 is 1.86 bits per heavy atom. The number of rotatable bonds is 7. The van der Waals surface area contributed by atoms with Gasteiger partial charge < -0.3 is 14.2 Å². The molecule has 1 aromatic heterocycles. The van der Waals surface area contributed by atoms with Crippen molar-refractivity contribution in [3.63, 3.8) is 0 Å². The number of ether oxygens (including phenoxy) is 3.